The molecular formula is C14H18N2O3. The molecule has 5 nitrogen and oxygen atoms in total. The zero-order valence-electron chi connectivity index (χ0n) is 11.1. The predicted molar refractivity (Wildman–Crippen MR) is 72.5 cm³/mol. The van der Waals surface area contributed by atoms with Gasteiger partial charge >= 0.3 is 12.0 Å². The normalized spacial score (nSPS) is 18.5. The molecule has 1 fully saturated rings. The van der Waals surface area contributed by atoms with Gasteiger partial charge in [0.15, 0.2) is 0 Å². The lowest BCUT2D eigenvalue weighted by Crippen LogP contribution is -2.35. The fourth-order valence-electron chi connectivity index (χ4n) is 2.45. The summed E-state index contributed by atoms with van der Waals surface area (Å²) >= 11 is 0. The third-order valence-electron chi connectivity index (χ3n) is 3.38. The number of hydrogen-bond donors (Lipinski definition) is 2. The van der Waals surface area contributed by atoms with Crippen molar-refractivity contribution in [3.63, 3.8) is 0 Å². The summed E-state index contributed by atoms with van der Waals surface area (Å²) in [5, 5.41) is 11.5. The molecule has 1 atom stereocenters. The number of nitrogens with zero attached hydrogens (tertiary/aromatic N) is 1. The van der Waals surface area contributed by atoms with Crippen molar-refractivity contribution in [1.82, 2.24) is 5.32 Å². The molecule has 1 aliphatic rings. The van der Waals surface area contributed by atoms with E-state index < -0.39 is 5.97 Å². The van der Waals surface area contributed by atoms with Crippen molar-refractivity contribution in [3.8, 4) is 0 Å². The second-order valence-corrected chi connectivity index (χ2v) is 4.93. The number of carboxylic acid groups (broad SMARTS) is 1. The summed E-state index contributed by atoms with van der Waals surface area (Å²) in [6.45, 7) is 4.46. The summed E-state index contributed by atoms with van der Waals surface area (Å²) < 4.78 is 0. The zero-order chi connectivity index (χ0) is 14.0. The minimum atomic E-state index is -0.833. The minimum Gasteiger partial charge on any atom is -0.481 e. The molecule has 2 N–H and O–H groups in total. The molecule has 1 aromatic rings. The summed E-state index contributed by atoms with van der Waals surface area (Å²) in [5.74, 6) is -0.833. The highest BCUT2D eigenvalue weighted by Crippen LogP contribution is 2.27. The van der Waals surface area contributed by atoms with Gasteiger partial charge in [-0.2, -0.15) is 0 Å². The molecule has 1 aliphatic heterocycles. The highest BCUT2D eigenvalue weighted by molar-refractivity contribution is 5.95. The fourth-order valence-corrected chi connectivity index (χ4v) is 2.45. The number of amides is 2. The van der Waals surface area contributed by atoms with Crippen LogP contribution in [0.2, 0.25) is 0 Å². The third-order valence-corrected chi connectivity index (χ3v) is 3.38. The van der Waals surface area contributed by atoms with E-state index in [9.17, 15) is 9.59 Å². The van der Waals surface area contributed by atoms with Gasteiger partial charge in [-0.05, 0) is 31.9 Å². The number of benzene rings is 1. The summed E-state index contributed by atoms with van der Waals surface area (Å²) in [6, 6.07) is 5.66. The number of rotatable bonds is 4. The molecule has 2 amide bonds. The van der Waals surface area contributed by atoms with E-state index in [1.165, 1.54) is 0 Å². The molecule has 1 heterocycles. The maximum atomic E-state index is 11.9. The van der Waals surface area contributed by atoms with Gasteiger partial charge in [-0.25, -0.2) is 4.79 Å². The Bertz CT molecular complexity index is 513. The third kappa shape index (κ3) is 2.86. The van der Waals surface area contributed by atoms with Crippen LogP contribution in [-0.2, 0) is 4.79 Å². The number of urea groups is 1. The number of nitrogens with one attached hydrogen (secondary N) is 1. The van der Waals surface area contributed by atoms with Gasteiger partial charge in [0.05, 0.1) is 6.04 Å². The van der Waals surface area contributed by atoms with Crippen LogP contribution < -0.4 is 10.2 Å². The van der Waals surface area contributed by atoms with Gasteiger partial charge in [0.2, 0.25) is 0 Å². The summed E-state index contributed by atoms with van der Waals surface area (Å²) in [5.41, 5.74) is 3.02. The van der Waals surface area contributed by atoms with E-state index in [-0.39, 0.29) is 18.5 Å². The first-order valence-electron chi connectivity index (χ1n) is 6.35. The van der Waals surface area contributed by atoms with Crippen molar-refractivity contribution >= 4 is 17.7 Å². The van der Waals surface area contributed by atoms with Crippen LogP contribution in [0, 0.1) is 13.8 Å². The van der Waals surface area contributed by atoms with Crippen molar-refractivity contribution in [3.05, 3.63) is 29.3 Å². The number of aliphatic carboxylic acids is 1. The molecule has 0 saturated carbocycles. The van der Waals surface area contributed by atoms with Crippen LogP contribution in [0.15, 0.2) is 18.2 Å². The van der Waals surface area contributed by atoms with Crippen molar-refractivity contribution in [2.45, 2.75) is 32.7 Å². The van der Waals surface area contributed by atoms with E-state index in [0.29, 0.717) is 13.0 Å². The lowest BCUT2D eigenvalue weighted by molar-refractivity contribution is -0.137. The van der Waals surface area contributed by atoms with Gasteiger partial charge in [0, 0.05) is 18.7 Å². The second kappa shape index (κ2) is 5.30. The number of carbonyl (C=O) groups excluding carboxylic acids is 1. The first-order chi connectivity index (χ1) is 8.99. The van der Waals surface area contributed by atoms with Gasteiger partial charge in [-0.3, -0.25) is 9.69 Å². The zero-order valence-corrected chi connectivity index (χ0v) is 11.1. The Balaban J connectivity index is 2.23. The Hall–Kier alpha value is -2.04. The average Bonchev–Trinajstić information content (AvgIpc) is 2.68. The van der Waals surface area contributed by atoms with E-state index in [1.807, 2.05) is 32.0 Å². The maximum Gasteiger partial charge on any atom is 0.322 e. The number of carbonyl (C=O) groups is 2. The molecular weight excluding hydrogens is 244 g/mol. The quantitative estimate of drug-likeness (QED) is 0.872. The van der Waals surface area contributed by atoms with Crippen LogP contribution in [0.1, 0.15) is 24.0 Å². The summed E-state index contributed by atoms with van der Waals surface area (Å²) in [6.07, 6.45) is 0.530. The minimum absolute atomic E-state index is 0.0705. The van der Waals surface area contributed by atoms with Crippen LogP contribution in [0.5, 0.6) is 0 Å². The largest absolute Gasteiger partial charge is 0.481 e. The van der Waals surface area contributed by atoms with Crippen molar-refractivity contribution in [2.24, 2.45) is 0 Å². The van der Waals surface area contributed by atoms with Gasteiger partial charge in [-0.1, -0.05) is 17.7 Å². The van der Waals surface area contributed by atoms with Gasteiger partial charge in [0.25, 0.3) is 0 Å². The summed E-state index contributed by atoms with van der Waals surface area (Å²) in [4.78, 5) is 24.3. The van der Waals surface area contributed by atoms with Crippen molar-refractivity contribution in [2.75, 3.05) is 11.4 Å². The lowest BCUT2D eigenvalue weighted by atomic mass is 10.1. The molecule has 0 bridgehead atoms. The number of hydrogen-bond acceptors (Lipinski definition) is 2. The predicted octanol–water partition coefficient (Wildman–Crippen LogP) is 2.07. The standard InChI is InChI=1S/C14H18N2O3/c1-9-3-5-12(10(2)7-9)16-11(4-6-13(17)18)8-15-14(16)19/h3,5,7,11H,4,6,8H2,1-2H3,(H,15,19)(H,17,18). The highest BCUT2D eigenvalue weighted by Gasteiger charge is 2.32. The van der Waals surface area contributed by atoms with Crippen LogP contribution in [-0.4, -0.2) is 29.7 Å². The number of anilines is 1. The Kier molecular flexibility index (Phi) is 3.74. The van der Waals surface area contributed by atoms with Crippen LogP contribution in [0.25, 0.3) is 0 Å². The summed E-state index contributed by atoms with van der Waals surface area (Å²) in [7, 11) is 0. The Morgan fingerprint density at radius 2 is 2.21 bits per heavy atom. The molecule has 0 aromatic heterocycles. The monoisotopic (exact) mass is 262 g/mol. The smallest absolute Gasteiger partial charge is 0.322 e. The topological polar surface area (TPSA) is 69.6 Å². The molecule has 102 valence electrons. The van der Waals surface area contributed by atoms with E-state index in [2.05, 4.69) is 5.32 Å². The van der Waals surface area contributed by atoms with Crippen molar-refractivity contribution in [1.29, 1.82) is 0 Å². The molecule has 1 unspecified atom stereocenters. The maximum absolute atomic E-state index is 11.9. The Morgan fingerprint density at radius 1 is 1.47 bits per heavy atom. The first kappa shape index (κ1) is 13.4. The Morgan fingerprint density at radius 3 is 2.84 bits per heavy atom. The van der Waals surface area contributed by atoms with E-state index in [4.69, 9.17) is 5.11 Å². The van der Waals surface area contributed by atoms with Crippen LogP contribution in [0.3, 0.4) is 0 Å². The molecule has 1 aromatic carbocycles. The molecule has 0 aliphatic carbocycles. The lowest BCUT2D eigenvalue weighted by Gasteiger charge is -2.24. The van der Waals surface area contributed by atoms with E-state index in [0.717, 1.165) is 16.8 Å². The molecule has 0 radical (unpaired) electrons. The fraction of sp³-hybridized carbons (Fsp3) is 0.429. The SMILES string of the molecule is Cc1ccc(N2C(=O)NCC2CCC(=O)O)c(C)c1. The number of carboxylic acids is 1. The van der Waals surface area contributed by atoms with Gasteiger partial charge in [-0.15, -0.1) is 0 Å². The van der Waals surface area contributed by atoms with Crippen molar-refractivity contribution < 1.29 is 14.7 Å². The van der Waals surface area contributed by atoms with E-state index in [1.54, 1.807) is 4.90 Å². The molecule has 5 heteroatoms. The van der Waals surface area contributed by atoms with Gasteiger partial charge in [0.1, 0.15) is 0 Å². The Labute approximate surface area is 112 Å². The highest BCUT2D eigenvalue weighted by atomic mass is 16.4. The van der Waals surface area contributed by atoms with Crippen LogP contribution >= 0.6 is 0 Å². The number of aryl methyl sites for hydroxylation is 2. The first-order valence-corrected chi connectivity index (χ1v) is 6.35. The van der Waals surface area contributed by atoms with E-state index >= 15 is 0 Å². The van der Waals surface area contributed by atoms with Gasteiger partial charge < -0.3 is 10.4 Å². The average molecular weight is 262 g/mol. The molecule has 0 spiro atoms. The molecule has 1 saturated heterocycles. The second-order valence-electron chi connectivity index (χ2n) is 4.93. The molecule has 19 heavy (non-hydrogen) atoms. The van der Waals surface area contributed by atoms with Crippen LogP contribution in [0.4, 0.5) is 10.5 Å². The molecule has 2 rings (SSSR count).